The van der Waals surface area contributed by atoms with Crippen LogP contribution in [0.15, 0.2) is 24.3 Å². The highest BCUT2D eigenvalue weighted by molar-refractivity contribution is 5.94. The van der Waals surface area contributed by atoms with E-state index in [9.17, 15) is 4.79 Å². The van der Waals surface area contributed by atoms with E-state index in [1.165, 1.54) is 6.42 Å². The molecule has 2 bridgehead atoms. The van der Waals surface area contributed by atoms with Crippen LogP contribution in [0.3, 0.4) is 0 Å². The number of hydrogen-bond acceptors (Lipinski definition) is 3. The van der Waals surface area contributed by atoms with Crippen molar-refractivity contribution in [1.29, 1.82) is 0 Å². The van der Waals surface area contributed by atoms with E-state index in [1.54, 1.807) is 12.1 Å². The second kappa shape index (κ2) is 4.61. The van der Waals surface area contributed by atoms with Crippen molar-refractivity contribution in [2.24, 2.45) is 5.92 Å². The third-order valence-electron chi connectivity index (χ3n) is 3.94. The molecule has 0 radical (unpaired) electrons. The first-order valence-corrected chi connectivity index (χ1v) is 6.45. The summed E-state index contributed by atoms with van der Waals surface area (Å²) in [6.07, 6.45) is 4.26. The number of carboxylic acid groups (broad SMARTS) is 1. The Morgan fingerprint density at radius 2 is 2.22 bits per heavy atom. The molecule has 0 spiro atoms. The zero-order chi connectivity index (χ0) is 12.5. The largest absolute Gasteiger partial charge is 0.478 e. The first kappa shape index (κ1) is 11.5. The third kappa shape index (κ3) is 2.08. The summed E-state index contributed by atoms with van der Waals surface area (Å²) in [4.78, 5) is 11.1. The van der Waals surface area contributed by atoms with Gasteiger partial charge in [-0.15, -0.1) is 0 Å². The van der Waals surface area contributed by atoms with Crippen molar-refractivity contribution in [2.75, 3.05) is 11.9 Å². The van der Waals surface area contributed by atoms with Crippen LogP contribution in [-0.4, -0.2) is 29.8 Å². The van der Waals surface area contributed by atoms with Gasteiger partial charge < -0.3 is 15.2 Å². The molecule has 0 aliphatic carbocycles. The minimum Gasteiger partial charge on any atom is -0.478 e. The Morgan fingerprint density at radius 1 is 1.39 bits per heavy atom. The average Bonchev–Trinajstić information content (AvgIpc) is 2.98. The SMILES string of the molecule is O=C(O)c1ccccc1NCC1CC2CCC1O2. The summed E-state index contributed by atoms with van der Waals surface area (Å²) in [7, 11) is 0. The number of aromatic carboxylic acids is 1. The van der Waals surface area contributed by atoms with Crippen molar-refractivity contribution in [3.05, 3.63) is 29.8 Å². The molecule has 18 heavy (non-hydrogen) atoms. The molecule has 2 aliphatic rings. The van der Waals surface area contributed by atoms with Crippen molar-refractivity contribution in [3.63, 3.8) is 0 Å². The van der Waals surface area contributed by atoms with Crippen LogP contribution in [0.1, 0.15) is 29.6 Å². The van der Waals surface area contributed by atoms with Crippen molar-refractivity contribution in [3.8, 4) is 0 Å². The lowest BCUT2D eigenvalue weighted by Crippen LogP contribution is -2.24. The van der Waals surface area contributed by atoms with Crippen molar-refractivity contribution in [2.45, 2.75) is 31.5 Å². The van der Waals surface area contributed by atoms with E-state index in [4.69, 9.17) is 9.84 Å². The monoisotopic (exact) mass is 247 g/mol. The molecule has 1 aromatic carbocycles. The predicted molar refractivity (Wildman–Crippen MR) is 67.9 cm³/mol. The molecular weight excluding hydrogens is 230 g/mol. The first-order chi connectivity index (χ1) is 8.74. The maximum Gasteiger partial charge on any atom is 0.337 e. The van der Waals surface area contributed by atoms with E-state index in [-0.39, 0.29) is 0 Å². The number of benzene rings is 1. The lowest BCUT2D eigenvalue weighted by atomic mass is 9.89. The van der Waals surface area contributed by atoms with Gasteiger partial charge in [-0.2, -0.15) is 0 Å². The van der Waals surface area contributed by atoms with Crippen LogP contribution in [0.25, 0.3) is 0 Å². The summed E-state index contributed by atoms with van der Waals surface area (Å²) < 4.78 is 5.79. The molecule has 2 fully saturated rings. The van der Waals surface area contributed by atoms with E-state index in [0.717, 1.165) is 19.4 Å². The molecule has 4 heteroatoms. The second-order valence-electron chi connectivity index (χ2n) is 5.10. The fourth-order valence-corrected chi connectivity index (χ4v) is 3.02. The topological polar surface area (TPSA) is 58.6 Å². The molecule has 3 rings (SSSR count). The molecule has 0 aromatic heterocycles. The Hall–Kier alpha value is -1.55. The summed E-state index contributed by atoms with van der Waals surface area (Å²) in [5.41, 5.74) is 1.04. The van der Waals surface area contributed by atoms with Gasteiger partial charge in [-0.1, -0.05) is 12.1 Å². The van der Waals surface area contributed by atoms with Crippen LogP contribution in [-0.2, 0) is 4.74 Å². The molecule has 3 atom stereocenters. The number of ether oxygens (including phenoxy) is 1. The van der Waals surface area contributed by atoms with Crippen LogP contribution in [0.5, 0.6) is 0 Å². The van der Waals surface area contributed by atoms with Gasteiger partial charge in [0, 0.05) is 18.2 Å². The Balaban J connectivity index is 1.65. The number of anilines is 1. The van der Waals surface area contributed by atoms with Crippen LogP contribution in [0, 0.1) is 5.92 Å². The molecule has 4 nitrogen and oxygen atoms in total. The van der Waals surface area contributed by atoms with Gasteiger partial charge in [-0.25, -0.2) is 4.79 Å². The molecule has 2 aliphatic heterocycles. The van der Waals surface area contributed by atoms with Gasteiger partial charge in [0.2, 0.25) is 0 Å². The van der Waals surface area contributed by atoms with Crippen LogP contribution >= 0.6 is 0 Å². The molecule has 0 saturated carbocycles. The van der Waals surface area contributed by atoms with Crippen molar-refractivity contribution < 1.29 is 14.6 Å². The van der Waals surface area contributed by atoms with Crippen LogP contribution < -0.4 is 5.32 Å². The molecule has 3 unspecified atom stereocenters. The fraction of sp³-hybridized carbons (Fsp3) is 0.500. The Kier molecular flexibility index (Phi) is 2.96. The molecule has 2 saturated heterocycles. The quantitative estimate of drug-likeness (QED) is 0.857. The van der Waals surface area contributed by atoms with Gasteiger partial charge in [0.1, 0.15) is 0 Å². The smallest absolute Gasteiger partial charge is 0.337 e. The average molecular weight is 247 g/mol. The van der Waals surface area contributed by atoms with Crippen LogP contribution in [0.4, 0.5) is 5.69 Å². The predicted octanol–water partition coefficient (Wildman–Crippen LogP) is 2.36. The maximum absolute atomic E-state index is 11.1. The standard InChI is InChI=1S/C14H17NO3/c16-14(17)11-3-1-2-4-12(11)15-8-9-7-10-5-6-13(9)18-10/h1-4,9-10,13,15H,5-8H2,(H,16,17). The number of nitrogens with one attached hydrogen (secondary N) is 1. The van der Waals surface area contributed by atoms with Gasteiger partial charge in [0.15, 0.2) is 0 Å². The summed E-state index contributed by atoms with van der Waals surface area (Å²) in [6, 6.07) is 7.04. The van der Waals surface area contributed by atoms with Gasteiger partial charge in [-0.05, 0) is 31.4 Å². The van der Waals surface area contributed by atoms with Gasteiger partial charge in [-0.3, -0.25) is 0 Å². The van der Waals surface area contributed by atoms with E-state index in [0.29, 0.717) is 29.4 Å². The zero-order valence-electron chi connectivity index (χ0n) is 10.1. The van der Waals surface area contributed by atoms with Gasteiger partial charge >= 0.3 is 5.97 Å². The summed E-state index contributed by atoms with van der Waals surface area (Å²) >= 11 is 0. The fourth-order valence-electron chi connectivity index (χ4n) is 3.02. The molecule has 96 valence electrons. The molecule has 2 heterocycles. The normalized spacial score (nSPS) is 29.4. The summed E-state index contributed by atoms with van der Waals surface area (Å²) in [5, 5.41) is 12.4. The summed E-state index contributed by atoms with van der Waals surface area (Å²) in [5.74, 6) is -0.368. The number of hydrogen-bond donors (Lipinski definition) is 2. The Labute approximate surface area is 106 Å². The van der Waals surface area contributed by atoms with Crippen molar-refractivity contribution >= 4 is 11.7 Å². The molecule has 0 amide bonds. The van der Waals surface area contributed by atoms with E-state index in [2.05, 4.69) is 5.32 Å². The highest BCUT2D eigenvalue weighted by Crippen LogP contribution is 2.38. The Bertz CT molecular complexity index is 460. The van der Waals surface area contributed by atoms with E-state index >= 15 is 0 Å². The lowest BCUT2D eigenvalue weighted by molar-refractivity contribution is 0.0698. The number of rotatable bonds is 4. The maximum atomic E-state index is 11.1. The lowest BCUT2D eigenvalue weighted by Gasteiger charge is -2.20. The summed E-state index contributed by atoms with van der Waals surface area (Å²) in [6.45, 7) is 0.797. The number of para-hydroxylation sites is 1. The van der Waals surface area contributed by atoms with E-state index < -0.39 is 5.97 Å². The van der Waals surface area contributed by atoms with Crippen molar-refractivity contribution in [1.82, 2.24) is 0 Å². The minimum atomic E-state index is -0.887. The first-order valence-electron chi connectivity index (χ1n) is 6.45. The number of fused-ring (bicyclic) bond motifs is 2. The Morgan fingerprint density at radius 3 is 2.89 bits per heavy atom. The second-order valence-corrected chi connectivity index (χ2v) is 5.10. The third-order valence-corrected chi connectivity index (χ3v) is 3.94. The zero-order valence-corrected chi connectivity index (χ0v) is 10.1. The van der Waals surface area contributed by atoms with Gasteiger partial charge in [0.05, 0.1) is 17.8 Å². The highest BCUT2D eigenvalue weighted by atomic mass is 16.5. The number of carboxylic acids is 1. The van der Waals surface area contributed by atoms with E-state index in [1.807, 2.05) is 12.1 Å². The minimum absolute atomic E-state index is 0.335. The van der Waals surface area contributed by atoms with Crippen LogP contribution in [0.2, 0.25) is 0 Å². The molecule has 1 aromatic rings. The molecule has 2 N–H and O–H groups in total. The molecular formula is C14H17NO3. The number of carbonyl (C=O) groups is 1. The highest BCUT2D eigenvalue weighted by Gasteiger charge is 2.40. The van der Waals surface area contributed by atoms with Gasteiger partial charge in [0.25, 0.3) is 0 Å².